The van der Waals surface area contributed by atoms with Gasteiger partial charge in [-0.15, -0.1) is 11.3 Å². The summed E-state index contributed by atoms with van der Waals surface area (Å²) in [4.78, 5) is 25.0. The number of esters is 1. The zero-order valence-corrected chi connectivity index (χ0v) is 14.1. The molecule has 1 heterocycles. The average Bonchev–Trinajstić information content (AvgIpc) is 2.72. The van der Waals surface area contributed by atoms with E-state index in [1.807, 2.05) is 12.3 Å². The Morgan fingerprint density at radius 1 is 1.41 bits per heavy atom. The molecule has 1 N–H and O–H groups in total. The van der Waals surface area contributed by atoms with Gasteiger partial charge in [-0.2, -0.15) is 0 Å². The second kappa shape index (κ2) is 6.03. The van der Waals surface area contributed by atoms with E-state index in [4.69, 9.17) is 4.74 Å². The summed E-state index contributed by atoms with van der Waals surface area (Å²) < 4.78 is 5.09. The maximum absolute atomic E-state index is 12.2. The smallest absolute Gasteiger partial charge is 0.339 e. The molecule has 2 aliphatic carbocycles. The highest BCUT2D eigenvalue weighted by Gasteiger charge is 2.48. The third-order valence-electron chi connectivity index (χ3n) is 4.99. The second-order valence-corrected chi connectivity index (χ2v) is 7.60. The quantitative estimate of drug-likeness (QED) is 0.847. The van der Waals surface area contributed by atoms with Crippen molar-refractivity contribution >= 4 is 23.2 Å². The van der Waals surface area contributed by atoms with Gasteiger partial charge in [0.15, 0.2) is 0 Å². The number of hydrogen-bond donors (Lipinski definition) is 1. The van der Waals surface area contributed by atoms with E-state index in [0.29, 0.717) is 23.6 Å². The lowest BCUT2D eigenvalue weighted by molar-refractivity contribution is -0.123. The van der Waals surface area contributed by atoms with Gasteiger partial charge < -0.3 is 10.1 Å². The average molecular weight is 321 g/mol. The summed E-state index contributed by atoms with van der Waals surface area (Å²) in [5, 5.41) is 5.03. The molecule has 5 heteroatoms. The minimum atomic E-state index is -0.318. The van der Waals surface area contributed by atoms with Gasteiger partial charge in [0, 0.05) is 10.9 Å². The first-order valence-electron chi connectivity index (χ1n) is 8.06. The van der Waals surface area contributed by atoms with Gasteiger partial charge in [-0.3, -0.25) is 4.79 Å². The van der Waals surface area contributed by atoms with Crippen LogP contribution in [0.3, 0.4) is 0 Å². The molecule has 1 aromatic rings. The number of aryl methyl sites for hydroxylation is 1. The summed E-state index contributed by atoms with van der Waals surface area (Å²) in [6.07, 6.45) is 6.54. The highest BCUT2D eigenvalue weighted by molar-refractivity contribution is 7.10. The van der Waals surface area contributed by atoms with Crippen molar-refractivity contribution in [1.29, 1.82) is 0 Å². The Morgan fingerprint density at radius 3 is 2.73 bits per heavy atom. The molecule has 0 radical (unpaired) electrons. The Hall–Kier alpha value is -1.36. The van der Waals surface area contributed by atoms with Gasteiger partial charge in [-0.25, -0.2) is 4.79 Å². The van der Waals surface area contributed by atoms with Gasteiger partial charge in [-0.05, 0) is 55.9 Å². The normalized spacial score (nSPS) is 19.4. The first-order valence-corrected chi connectivity index (χ1v) is 8.94. The first kappa shape index (κ1) is 15.5. The predicted octanol–water partition coefficient (Wildman–Crippen LogP) is 3.22. The van der Waals surface area contributed by atoms with E-state index in [2.05, 4.69) is 5.32 Å². The molecular weight excluding hydrogens is 298 g/mol. The molecule has 3 rings (SSSR count). The van der Waals surface area contributed by atoms with Crippen LogP contribution < -0.4 is 5.32 Å². The van der Waals surface area contributed by atoms with Crippen molar-refractivity contribution < 1.29 is 14.3 Å². The van der Waals surface area contributed by atoms with Crippen LogP contribution in [0.2, 0.25) is 0 Å². The molecule has 0 saturated heterocycles. The minimum absolute atomic E-state index is 0.0200. The molecule has 0 bridgehead atoms. The van der Waals surface area contributed by atoms with Crippen LogP contribution in [0.5, 0.6) is 0 Å². The molecule has 1 amide bonds. The van der Waals surface area contributed by atoms with Crippen molar-refractivity contribution in [3.05, 3.63) is 21.4 Å². The zero-order valence-electron chi connectivity index (χ0n) is 13.2. The number of rotatable bonds is 5. The van der Waals surface area contributed by atoms with Crippen molar-refractivity contribution in [2.75, 3.05) is 6.61 Å². The van der Waals surface area contributed by atoms with Crippen molar-refractivity contribution in [1.82, 2.24) is 5.32 Å². The fourth-order valence-electron chi connectivity index (χ4n) is 3.70. The fourth-order valence-corrected chi connectivity index (χ4v) is 4.72. The van der Waals surface area contributed by atoms with Crippen LogP contribution in [0.15, 0.2) is 5.38 Å². The molecule has 1 spiro atoms. The number of thiophene rings is 1. The van der Waals surface area contributed by atoms with Crippen molar-refractivity contribution in [3.63, 3.8) is 0 Å². The number of hydrogen-bond acceptors (Lipinski definition) is 4. The van der Waals surface area contributed by atoms with Gasteiger partial charge in [0.2, 0.25) is 5.91 Å². The van der Waals surface area contributed by atoms with Gasteiger partial charge in [0.05, 0.1) is 18.6 Å². The van der Waals surface area contributed by atoms with Gasteiger partial charge >= 0.3 is 5.97 Å². The second-order valence-electron chi connectivity index (χ2n) is 6.64. The standard InChI is InChI=1S/C17H23NO3S/c1-3-21-16(20)15-11(2)10-22-13(15)7-14(19)18-12-8-17(9-12)5-4-6-17/h10,12H,3-9H2,1-2H3,(H,18,19). The van der Waals surface area contributed by atoms with Crippen molar-refractivity contribution in [2.24, 2.45) is 5.41 Å². The lowest BCUT2D eigenvalue weighted by atomic mass is 9.54. The number of nitrogens with one attached hydrogen (secondary N) is 1. The molecular formula is C17H23NO3S. The summed E-state index contributed by atoms with van der Waals surface area (Å²) in [5.41, 5.74) is 2.03. The molecule has 0 aromatic carbocycles. The van der Waals surface area contributed by atoms with E-state index in [1.54, 1.807) is 6.92 Å². The van der Waals surface area contributed by atoms with Crippen LogP contribution in [0.1, 0.15) is 59.8 Å². The van der Waals surface area contributed by atoms with E-state index in [-0.39, 0.29) is 18.3 Å². The third kappa shape index (κ3) is 2.91. The van der Waals surface area contributed by atoms with Crippen molar-refractivity contribution in [2.45, 2.75) is 58.4 Å². The monoisotopic (exact) mass is 321 g/mol. The van der Waals surface area contributed by atoms with E-state index < -0.39 is 0 Å². The van der Waals surface area contributed by atoms with E-state index in [0.717, 1.165) is 23.3 Å². The molecule has 4 nitrogen and oxygen atoms in total. The summed E-state index contributed by atoms with van der Waals surface area (Å²) in [5.74, 6) is -0.298. The Kier molecular flexibility index (Phi) is 4.26. The van der Waals surface area contributed by atoms with E-state index in [9.17, 15) is 9.59 Å². The highest BCUT2D eigenvalue weighted by Crippen LogP contribution is 2.55. The van der Waals surface area contributed by atoms with Crippen molar-refractivity contribution in [3.8, 4) is 0 Å². The molecule has 2 fully saturated rings. The molecule has 0 aliphatic heterocycles. The summed E-state index contributed by atoms with van der Waals surface area (Å²) >= 11 is 1.47. The Morgan fingerprint density at radius 2 is 2.14 bits per heavy atom. The third-order valence-corrected chi connectivity index (χ3v) is 6.09. The Bertz CT molecular complexity index is 581. The van der Waals surface area contributed by atoms with E-state index >= 15 is 0 Å². The van der Waals surface area contributed by atoms with Crippen LogP contribution in [0.4, 0.5) is 0 Å². The van der Waals surface area contributed by atoms with Gasteiger partial charge in [0.1, 0.15) is 0 Å². The molecule has 0 unspecified atom stereocenters. The topological polar surface area (TPSA) is 55.4 Å². The number of amides is 1. The lowest BCUT2D eigenvalue weighted by Gasteiger charge is -2.54. The Labute approximate surface area is 135 Å². The van der Waals surface area contributed by atoms with Gasteiger partial charge in [0.25, 0.3) is 0 Å². The first-order chi connectivity index (χ1) is 10.5. The van der Waals surface area contributed by atoms with Crippen LogP contribution in [-0.4, -0.2) is 24.5 Å². The molecule has 0 atom stereocenters. The summed E-state index contributed by atoms with van der Waals surface area (Å²) in [6, 6.07) is 0.333. The SMILES string of the molecule is CCOC(=O)c1c(C)csc1CC(=O)NC1CC2(CCC2)C1. The number of carbonyl (C=O) groups is 2. The Balaban J connectivity index is 1.56. The van der Waals surface area contributed by atoms with Crippen LogP contribution in [-0.2, 0) is 16.0 Å². The number of carbonyl (C=O) groups excluding carboxylic acids is 2. The van der Waals surface area contributed by atoms with Crippen LogP contribution in [0.25, 0.3) is 0 Å². The zero-order chi connectivity index (χ0) is 15.7. The maximum Gasteiger partial charge on any atom is 0.339 e. The lowest BCUT2D eigenvalue weighted by Crippen LogP contribution is -2.53. The largest absolute Gasteiger partial charge is 0.462 e. The highest BCUT2D eigenvalue weighted by atomic mass is 32.1. The summed E-state index contributed by atoms with van der Waals surface area (Å²) in [6.45, 7) is 4.03. The fraction of sp³-hybridized carbons (Fsp3) is 0.647. The molecule has 2 aliphatic rings. The summed E-state index contributed by atoms with van der Waals surface area (Å²) in [7, 11) is 0. The number of ether oxygens (including phenoxy) is 1. The minimum Gasteiger partial charge on any atom is -0.462 e. The molecule has 22 heavy (non-hydrogen) atoms. The van der Waals surface area contributed by atoms with E-state index in [1.165, 1.54) is 30.6 Å². The molecule has 120 valence electrons. The molecule has 2 saturated carbocycles. The maximum atomic E-state index is 12.2. The molecule has 1 aromatic heterocycles. The van der Waals surface area contributed by atoms with Crippen LogP contribution in [0, 0.1) is 12.3 Å². The van der Waals surface area contributed by atoms with Gasteiger partial charge in [-0.1, -0.05) is 6.42 Å². The predicted molar refractivity (Wildman–Crippen MR) is 86.2 cm³/mol. The van der Waals surface area contributed by atoms with Crippen LogP contribution >= 0.6 is 11.3 Å².